The Bertz CT molecular complexity index is 488. The van der Waals surface area contributed by atoms with E-state index in [-0.39, 0.29) is 0 Å². The zero-order valence-electron chi connectivity index (χ0n) is 12.5. The number of rotatable bonds is 8. The summed E-state index contributed by atoms with van der Waals surface area (Å²) in [5.74, 6) is 0. The highest BCUT2D eigenvalue weighted by Gasteiger charge is 2.10. The molecule has 2 aromatic rings. The van der Waals surface area contributed by atoms with Gasteiger partial charge in [0.25, 0.3) is 0 Å². The van der Waals surface area contributed by atoms with Crippen LogP contribution in [0.3, 0.4) is 0 Å². The molecular weight excluding hydrogens is 248 g/mol. The Balaban J connectivity index is 1.86. The number of benzene rings is 1. The van der Waals surface area contributed by atoms with E-state index in [9.17, 15) is 0 Å². The summed E-state index contributed by atoms with van der Waals surface area (Å²) in [5.41, 5.74) is 3.61. The fourth-order valence-corrected chi connectivity index (χ4v) is 2.37. The lowest BCUT2D eigenvalue weighted by Crippen LogP contribution is -2.23. The molecule has 4 heteroatoms. The SMILES string of the molecule is CCN(CC)Cc1n[nH]nc1CCCc1ccccc1. The van der Waals surface area contributed by atoms with E-state index in [1.54, 1.807) is 0 Å². The van der Waals surface area contributed by atoms with Crippen LogP contribution in [0.1, 0.15) is 37.2 Å². The molecule has 0 fully saturated rings. The zero-order valence-corrected chi connectivity index (χ0v) is 12.5. The first-order chi connectivity index (χ1) is 9.83. The molecule has 1 aromatic heterocycles. The van der Waals surface area contributed by atoms with E-state index in [0.29, 0.717) is 0 Å². The van der Waals surface area contributed by atoms with Gasteiger partial charge in [-0.05, 0) is 37.9 Å². The fraction of sp³-hybridized carbons (Fsp3) is 0.500. The predicted molar refractivity (Wildman–Crippen MR) is 81.5 cm³/mol. The van der Waals surface area contributed by atoms with Crippen molar-refractivity contribution in [1.82, 2.24) is 20.3 Å². The van der Waals surface area contributed by atoms with Crippen molar-refractivity contribution in [3.63, 3.8) is 0 Å². The number of aromatic nitrogens is 3. The standard InChI is InChI=1S/C16H24N4/c1-3-20(4-2)13-16-15(17-19-18-16)12-8-11-14-9-6-5-7-10-14/h5-7,9-10H,3-4,8,11-13H2,1-2H3,(H,17,18,19). The van der Waals surface area contributed by atoms with Gasteiger partial charge in [-0.25, -0.2) is 0 Å². The van der Waals surface area contributed by atoms with Crippen molar-refractivity contribution < 1.29 is 0 Å². The van der Waals surface area contributed by atoms with E-state index >= 15 is 0 Å². The number of hydrogen-bond acceptors (Lipinski definition) is 3. The first kappa shape index (κ1) is 14.7. The third-order valence-corrected chi connectivity index (χ3v) is 3.69. The lowest BCUT2D eigenvalue weighted by atomic mass is 10.1. The number of nitrogens with one attached hydrogen (secondary N) is 1. The largest absolute Gasteiger partial charge is 0.298 e. The summed E-state index contributed by atoms with van der Waals surface area (Å²) in [6.45, 7) is 7.35. The van der Waals surface area contributed by atoms with Gasteiger partial charge < -0.3 is 0 Å². The average Bonchev–Trinajstić information content (AvgIpc) is 2.93. The van der Waals surface area contributed by atoms with Crippen molar-refractivity contribution in [2.45, 2.75) is 39.7 Å². The van der Waals surface area contributed by atoms with Crippen LogP contribution in [0.25, 0.3) is 0 Å². The van der Waals surface area contributed by atoms with Crippen molar-refractivity contribution in [2.24, 2.45) is 0 Å². The molecule has 1 heterocycles. The lowest BCUT2D eigenvalue weighted by molar-refractivity contribution is 0.291. The van der Waals surface area contributed by atoms with Gasteiger partial charge in [0.2, 0.25) is 0 Å². The Morgan fingerprint density at radius 1 is 0.950 bits per heavy atom. The summed E-state index contributed by atoms with van der Waals surface area (Å²) < 4.78 is 0. The van der Waals surface area contributed by atoms with Crippen LogP contribution in [0.5, 0.6) is 0 Å². The second kappa shape index (κ2) is 7.80. The number of nitrogens with zero attached hydrogens (tertiary/aromatic N) is 3. The van der Waals surface area contributed by atoms with Crippen molar-refractivity contribution in [2.75, 3.05) is 13.1 Å². The molecular formula is C16H24N4. The zero-order chi connectivity index (χ0) is 14.2. The molecule has 108 valence electrons. The van der Waals surface area contributed by atoms with Crippen LogP contribution in [0.2, 0.25) is 0 Å². The Morgan fingerprint density at radius 3 is 2.35 bits per heavy atom. The molecule has 0 aliphatic rings. The highest BCUT2D eigenvalue weighted by atomic mass is 15.3. The highest BCUT2D eigenvalue weighted by Crippen LogP contribution is 2.10. The van der Waals surface area contributed by atoms with Crippen molar-refractivity contribution in [3.05, 3.63) is 47.3 Å². The number of aryl methyl sites for hydroxylation is 2. The van der Waals surface area contributed by atoms with Crippen molar-refractivity contribution >= 4 is 0 Å². The number of hydrogen-bond donors (Lipinski definition) is 1. The summed E-state index contributed by atoms with van der Waals surface area (Å²) in [7, 11) is 0. The summed E-state index contributed by atoms with van der Waals surface area (Å²) in [6, 6.07) is 10.6. The molecule has 0 aliphatic carbocycles. The Labute approximate surface area is 121 Å². The van der Waals surface area contributed by atoms with Gasteiger partial charge >= 0.3 is 0 Å². The van der Waals surface area contributed by atoms with Crippen LogP contribution in [0, 0.1) is 0 Å². The number of H-pyrrole nitrogens is 1. The third kappa shape index (κ3) is 4.17. The second-order valence-electron chi connectivity index (χ2n) is 5.02. The molecule has 0 saturated heterocycles. The molecule has 0 saturated carbocycles. The molecule has 20 heavy (non-hydrogen) atoms. The van der Waals surface area contributed by atoms with Gasteiger partial charge in [-0.15, -0.1) is 0 Å². The molecule has 0 amide bonds. The minimum absolute atomic E-state index is 0.893. The van der Waals surface area contributed by atoms with Crippen LogP contribution >= 0.6 is 0 Å². The minimum atomic E-state index is 0.893. The normalized spacial score (nSPS) is 11.2. The van der Waals surface area contributed by atoms with E-state index < -0.39 is 0 Å². The van der Waals surface area contributed by atoms with E-state index in [4.69, 9.17) is 0 Å². The second-order valence-corrected chi connectivity index (χ2v) is 5.02. The van der Waals surface area contributed by atoms with Crippen molar-refractivity contribution in [1.29, 1.82) is 0 Å². The molecule has 0 unspecified atom stereocenters. The fourth-order valence-electron chi connectivity index (χ4n) is 2.37. The van der Waals surface area contributed by atoms with Crippen LogP contribution in [-0.4, -0.2) is 33.4 Å². The van der Waals surface area contributed by atoms with Gasteiger partial charge in [-0.3, -0.25) is 4.90 Å². The predicted octanol–water partition coefficient (Wildman–Crippen LogP) is 2.82. The highest BCUT2D eigenvalue weighted by molar-refractivity contribution is 5.15. The summed E-state index contributed by atoms with van der Waals surface area (Å²) in [6.07, 6.45) is 3.20. The maximum absolute atomic E-state index is 4.31. The topological polar surface area (TPSA) is 44.8 Å². The van der Waals surface area contributed by atoms with Gasteiger partial charge in [-0.1, -0.05) is 44.2 Å². The van der Waals surface area contributed by atoms with Crippen LogP contribution in [-0.2, 0) is 19.4 Å². The van der Waals surface area contributed by atoms with Crippen LogP contribution in [0.15, 0.2) is 30.3 Å². The molecule has 0 radical (unpaired) electrons. The van der Waals surface area contributed by atoms with E-state index in [2.05, 4.69) is 64.5 Å². The molecule has 1 aromatic carbocycles. The molecule has 4 nitrogen and oxygen atoms in total. The minimum Gasteiger partial charge on any atom is -0.298 e. The van der Waals surface area contributed by atoms with Crippen LogP contribution < -0.4 is 0 Å². The van der Waals surface area contributed by atoms with Gasteiger partial charge in [0.1, 0.15) is 0 Å². The average molecular weight is 272 g/mol. The first-order valence-corrected chi connectivity index (χ1v) is 7.48. The smallest absolute Gasteiger partial charge is 0.0996 e. The summed E-state index contributed by atoms with van der Waals surface area (Å²) >= 11 is 0. The summed E-state index contributed by atoms with van der Waals surface area (Å²) in [5, 5.41) is 11.4. The van der Waals surface area contributed by atoms with E-state index in [1.807, 2.05) is 0 Å². The molecule has 0 atom stereocenters. The quantitative estimate of drug-likeness (QED) is 0.803. The Hall–Kier alpha value is -1.68. The first-order valence-electron chi connectivity index (χ1n) is 7.48. The molecule has 1 N–H and O–H groups in total. The van der Waals surface area contributed by atoms with E-state index in [0.717, 1.165) is 50.3 Å². The Kier molecular flexibility index (Phi) is 5.74. The van der Waals surface area contributed by atoms with Crippen LogP contribution in [0.4, 0.5) is 0 Å². The lowest BCUT2D eigenvalue weighted by Gasteiger charge is -2.16. The maximum atomic E-state index is 4.31. The monoisotopic (exact) mass is 272 g/mol. The van der Waals surface area contributed by atoms with Gasteiger partial charge in [0.05, 0.1) is 11.4 Å². The van der Waals surface area contributed by atoms with Gasteiger partial charge in [-0.2, -0.15) is 15.4 Å². The molecule has 2 rings (SSSR count). The molecule has 0 spiro atoms. The third-order valence-electron chi connectivity index (χ3n) is 3.69. The number of aromatic amines is 1. The van der Waals surface area contributed by atoms with Gasteiger partial charge in [0, 0.05) is 6.54 Å². The summed E-state index contributed by atoms with van der Waals surface area (Å²) in [4.78, 5) is 2.36. The van der Waals surface area contributed by atoms with Crippen molar-refractivity contribution in [3.8, 4) is 0 Å². The molecule has 0 aliphatic heterocycles. The van der Waals surface area contributed by atoms with Gasteiger partial charge in [0.15, 0.2) is 0 Å². The molecule has 0 bridgehead atoms. The maximum Gasteiger partial charge on any atom is 0.0996 e. The Morgan fingerprint density at radius 2 is 1.65 bits per heavy atom. The van der Waals surface area contributed by atoms with E-state index in [1.165, 1.54) is 5.56 Å².